The smallest absolute Gasteiger partial charge is 0.0707 e. The highest BCUT2D eigenvalue weighted by atomic mass is 14.7. The summed E-state index contributed by atoms with van der Waals surface area (Å²) in [5.41, 5.74) is 5.16. The Morgan fingerprint density at radius 1 is 0.850 bits per heavy atom. The van der Waals surface area contributed by atoms with Gasteiger partial charge >= 0.3 is 0 Å². The molecule has 2 rings (SSSR count). The monoisotopic (exact) mass is 261 g/mol. The lowest BCUT2D eigenvalue weighted by atomic mass is 10.0. The van der Waals surface area contributed by atoms with Crippen LogP contribution in [0.1, 0.15) is 25.0 Å². The summed E-state index contributed by atoms with van der Waals surface area (Å²) >= 11 is 0. The zero-order chi connectivity index (χ0) is 14.4. The van der Waals surface area contributed by atoms with Crippen molar-refractivity contribution in [3.05, 3.63) is 84.4 Å². The van der Waals surface area contributed by atoms with E-state index in [1.54, 1.807) is 0 Å². The largest absolute Gasteiger partial charge is 0.258 e. The molecule has 1 heteroatoms. The quantitative estimate of drug-likeness (QED) is 0.528. The Labute approximate surface area is 121 Å². The minimum absolute atomic E-state index is 0.944. The van der Waals surface area contributed by atoms with Gasteiger partial charge in [-0.15, -0.1) is 0 Å². The molecular weight excluding hydrogens is 242 g/mol. The highest BCUT2D eigenvalue weighted by molar-refractivity contribution is 5.89. The Hall–Kier alpha value is -2.41. The van der Waals surface area contributed by atoms with Crippen LogP contribution in [-0.4, -0.2) is 5.71 Å². The number of hydrogen-bond donors (Lipinski definition) is 0. The number of rotatable bonds is 4. The molecule has 2 aromatic rings. The fourth-order valence-corrected chi connectivity index (χ4v) is 1.93. The first-order valence-electron chi connectivity index (χ1n) is 6.70. The maximum absolute atomic E-state index is 4.63. The van der Waals surface area contributed by atoms with Crippen LogP contribution in [0, 0.1) is 0 Å². The Morgan fingerprint density at radius 3 is 1.85 bits per heavy atom. The van der Waals surface area contributed by atoms with E-state index in [9.17, 15) is 0 Å². The summed E-state index contributed by atoms with van der Waals surface area (Å²) in [5.74, 6) is 0. The topological polar surface area (TPSA) is 12.4 Å². The van der Waals surface area contributed by atoms with Crippen LogP contribution in [0.25, 0.3) is 11.3 Å². The lowest BCUT2D eigenvalue weighted by Gasteiger charge is -2.06. The molecule has 1 nitrogen and oxygen atoms in total. The molecule has 100 valence electrons. The summed E-state index contributed by atoms with van der Waals surface area (Å²) in [7, 11) is 0. The van der Waals surface area contributed by atoms with E-state index in [-0.39, 0.29) is 0 Å². The molecule has 0 aliphatic rings. The molecule has 0 aliphatic carbocycles. The van der Waals surface area contributed by atoms with Crippen molar-refractivity contribution in [2.45, 2.75) is 13.8 Å². The van der Waals surface area contributed by atoms with Crippen molar-refractivity contribution in [3.63, 3.8) is 0 Å². The van der Waals surface area contributed by atoms with Gasteiger partial charge in [-0.05, 0) is 31.1 Å². The van der Waals surface area contributed by atoms with Gasteiger partial charge in [0.1, 0.15) is 0 Å². The van der Waals surface area contributed by atoms with Gasteiger partial charge in [-0.1, -0.05) is 67.2 Å². The van der Waals surface area contributed by atoms with Crippen LogP contribution in [0.15, 0.2) is 78.3 Å². The number of benzene rings is 2. The Balaban J connectivity index is 2.40. The average molecular weight is 261 g/mol. The number of aliphatic imine (C=N–C) groups is 1. The lowest BCUT2D eigenvalue weighted by Crippen LogP contribution is -1.88. The van der Waals surface area contributed by atoms with E-state index >= 15 is 0 Å². The minimum Gasteiger partial charge on any atom is -0.258 e. The summed E-state index contributed by atoms with van der Waals surface area (Å²) in [6.07, 6.45) is 2.04. The van der Waals surface area contributed by atoms with Crippen LogP contribution in [0.4, 0.5) is 0 Å². The molecule has 0 fully saturated rings. The molecule has 0 saturated heterocycles. The Bertz CT molecular complexity index is 630. The number of nitrogens with zero attached hydrogens (tertiary/aromatic N) is 1. The molecule has 0 aromatic heterocycles. The van der Waals surface area contributed by atoms with Gasteiger partial charge in [-0.3, -0.25) is 4.99 Å². The molecular formula is C19H19N. The molecule has 2 aromatic carbocycles. The van der Waals surface area contributed by atoms with Gasteiger partial charge in [-0.25, -0.2) is 0 Å². The van der Waals surface area contributed by atoms with Crippen molar-refractivity contribution in [2.24, 2.45) is 4.99 Å². The van der Waals surface area contributed by atoms with Gasteiger partial charge in [0.05, 0.1) is 5.70 Å². The lowest BCUT2D eigenvalue weighted by molar-refractivity contribution is 1.47. The first-order chi connectivity index (χ1) is 9.66. The number of allylic oxidation sites excluding steroid dienone is 2. The summed E-state index contributed by atoms with van der Waals surface area (Å²) in [4.78, 5) is 4.63. The maximum atomic E-state index is 4.63. The predicted molar refractivity (Wildman–Crippen MR) is 88.7 cm³/mol. The highest BCUT2D eigenvalue weighted by Crippen LogP contribution is 2.22. The van der Waals surface area contributed by atoms with Crippen molar-refractivity contribution in [2.75, 3.05) is 0 Å². The molecule has 0 atom stereocenters. The van der Waals surface area contributed by atoms with Crippen molar-refractivity contribution in [1.82, 2.24) is 0 Å². The van der Waals surface area contributed by atoms with E-state index in [0.29, 0.717) is 0 Å². The number of hydrogen-bond acceptors (Lipinski definition) is 1. The zero-order valence-electron chi connectivity index (χ0n) is 12.0. The summed E-state index contributed by atoms with van der Waals surface area (Å²) in [6.45, 7) is 8.16. The second kappa shape index (κ2) is 6.67. The second-order valence-electron chi connectivity index (χ2n) is 4.85. The van der Waals surface area contributed by atoms with E-state index in [4.69, 9.17) is 0 Å². The van der Waals surface area contributed by atoms with Crippen molar-refractivity contribution < 1.29 is 0 Å². The standard InChI is InChI=1S/C19H19N/c1-15(2)20-19(18-12-8-5-9-13-18)14-16(3)17-10-6-4-7-11-17/h4-14H,3H2,1-2H3/b19-14-. The average Bonchev–Trinajstić information content (AvgIpc) is 2.48. The molecule has 20 heavy (non-hydrogen) atoms. The van der Waals surface area contributed by atoms with Crippen LogP contribution in [0.3, 0.4) is 0 Å². The van der Waals surface area contributed by atoms with Gasteiger partial charge in [0.2, 0.25) is 0 Å². The molecule has 0 bridgehead atoms. The fraction of sp³-hybridized carbons (Fsp3) is 0.105. The van der Waals surface area contributed by atoms with Crippen molar-refractivity contribution >= 4 is 17.0 Å². The molecule has 0 radical (unpaired) electrons. The Morgan fingerprint density at radius 2 is 1.35 bits per heavy atom. The third-order valence-corrected chi connectivity index (χ3v) is 2.87. The van der Waals surface area contributed by atoms with Gasteiger partial charge < -0.3 is 0 Å². The van der Waals surface area contributed by atoms with Crippen LogP contribution in [-0.2, 0) is 0 Å². The molecule has 0 saturated carbocycles. The third kappa shape index (κ3) is 3.79. The fourth-order valence-electron chi connectivity index (χ4n) is 1.93. The van der Waals surface area contributed by atoms with E-state index in [1.807, 2.05) is 56.3 Å². The minimum atomic E-state index is 0.944. The zero-order valence-corrected chi connectivity index (χ0v) is 12.0. The summed E-state index contributed by atoms with van der Waals surface area (Å²) in [5, 5.41) is 0. The van der Waals surface area contributed by atoms with Crippen molar-refractivity contribution in [3.8, 4) is 0 Å². The first kappa shape index (κ1) is 14.0. The molecule has 0 unspecified atom stereocenters. The van der Waals surface area contributed by atoms with Crippen LogP contribution >= 0.6 is 0 Å². The Kier molecular flexibility index (Phi) is 4.67. The van der Waals surface area contributed by atoms with Crippen LogP contribution in [0.5, 0.6) is 0 Å². The van der Waals surface area contributed by atoms with E-state index < -0.39 is 0 Å². The highest BCUT2D eigenvalue weighted by Gasteiger charge is 2.02. The molecule has 0 amide bonds. The molecule has 0 aliphatic heterocycles. The van der Waals surface area contributed by atoms with Crippen molar-refractivity contribution in [1.29, 1.82) is 0 Å². The van der Waals surface area contributed by atoms with E-state index in [2.05, 4.69) is 35.8 Å². The third-order valence-electron chi connectivity index (χ3n) is 2.87. The van der Waals surface area contributed by atoms with E-state index in [0.717, 1.165) is 28.1 Å². The van der Waals surface area contributed by atoms with Crippen LogP contribution < -0.4 is 0 Å². The van der Waals surface area contributed by atoms with Gasteiger partial charge in [0.25, 0.3) is 0 Å². The second-order valence-corrected chi connectivity index (χ2v) is 4.85. The summed E-state index contributed by atoms with van der Waals surface area (Å²) < 4.78 is 0. The van der Waals surface area contributed by atoms with Crippen LogP contribution in [0.2, 0.25) is 0 Å². The first-order valence-corrected chi connectivity index (χ1v) is 6.70. The molecule has 0 heterocycles. The van der Waals surface area contributed by atoms with Gasteiger partial charge in [0, 0.05) is 11.3 Å². The normalized spacial score (nSPS) is 11.0. The predicted octanol–water partition coefficient (Wildman–Crippen LogP) is 5.22. The maximum Gasteiger partial charge on any atom is 0.0707 e. The summed E-state index contributed by atoms with van der Waals surface area (Å²) in [6, 6.07) is 20.4. The van der Waals surface area contributed by atoms with Gasteiger partial charge in [-0.2, -0.15) is 0 Å². The SMILES string of the molecule is C=C(/C=C(\N=C(C)C)c1ccccc1)c1ccccc1. The molecule has 0 N–H and O–H groups in total. The van der Waals surface area contributed by atoms with E-state index in [1.165, 1.54) is 0 Å². The van der Waals surface area contributed by atoms with Gasteiger partial charge in [0.15, 0.2) is 0 Å². The molecule has 0 spiro atoms.